The number of carbonyl (C=O) groups excluding carboxylic acids is 1. The van der Waals surface area contributed by atoms with E-state index in [4.69, 9.17) is 5.11 Å². The van der Waals surface area contributed by atoms with Gasteiger partial charge in [-0.3, -0.25) is 5.10 Å². The topological polar surface area (TPSA) is 127 Å². The van der Waals surface area contributed by atoms with Crippen molar-refractivity contribution in [2.45, 2.75) is 32.5 Å². The third-order valence-electron chi connectivity index (χ3n) is 2.41. The van der Waals surface area contributed by atoms with Gasteiger partial charge >= 0.3 is 12.0 Å². The van der Waals surface area contributed by atoms with E-state index >= 15 is 0 Å². The van der Waals surface area contributed by atoms with E-state index < -0.39 is 24.1 Å². The molecular formula is C10H16N4O4. The van der Waals surface area contributed by atoms with Crippen molar-refractivity contribution in [3.63, 3.8) is 0 Å². The van der Waals surface area contributed by atoms with Crippen LogP contribution in [0, 0.1) is 6.92 Å². The molecule has 0 radical (unpaired) electrons. The van der Waals surface area contributed by atoms with Crippen LogP contribution in [0.25, 0.3) is 0 Å². The number of carboxylic acids is 1. The fourth-order valence-electron chi connectivity index (χ4n) is 1.31. The average Bonchev–Trinajstić information content (AvgIpc) is 2.68. The Morgan fingerprint density at radius 3 is 2.67 bits per heavy atom. The Hall–Kier alpha value is -2.09. The van der Waals surface area contributed by atoms with Crippen LogP contribution in [0.4, 0.5) is 4.79 Å². The molecule has 2 amide bonds. The fourth-order valence-corrected chi connectivity index (χ4v) is 1.31. The molecule has 1 aromatic rings. The maximum Gasteiger partial charge on any atom is 0.328 e. The highest BCUT2D eigenvalue weighted by Crippen LogP contribution is 2.01. The minimum absolute atomic E-state index is 0.223. The standard InChI is InChI=1S/C10H16N4O4/c1-5-7(4-12-14-5)3-11-10(18)13-8(6(2)15)9(16)17/h4,6,8,15H,3H2,1-2H3,(H,12,14)(H,16,17)(H2,11,13,18)/t6-,8+/m1/s1. The second kappa shape index (κ2) is 6.01. The lowest BCUT2D eigenvalue weighted by atomic mass is 10.2. The molecule has 0 saturated carbocycles. The molecule has 1 rings (SSSR count). The normalized spacial score (nSPS) is 13.7. The number of hydrogen-bond acceptors (Lipinski definition) is 4. The van der Waals surface area contributed by atoms with E-state index in [-0.39, 0.29) is 6.54 Å². The highest BCUT2D eigenvalue weighted by molar-refractivity contribution is 5.82. The molecule has 5 N–H and O–H groups in total. The van der Waals surface area contributed by atoms with E-state index in [1.165, 1.54) is 6.92 Å². The van der Waals surface area contributed by atoms with Crippen molar-refractivity contribution in [1.29, 1.82) is 0 Å². The number of aliphatic hydroxyl groups is 1. The van der Waals surface area contributed by atoms with Gasteiger partial charge in [-0.05, 0) is 13.8 Å². The molecule has 8 nitrogen and oxygen atoms in total. The average molecular weight is 256 g/mol. The van der Waals surface area contributed by atoms with Crippen molar-refractivity contribution < 1.29 is 19.8 Å². The Morgan fingerprint density at radius 2 is 2.22 bits per heavy atom. The number of aryl methyl sites for hydroxylation is 1. The number of aliphatic carboxylic acids is 1. The first-order valence-electron chi connectivity index (χ1n) is 5.36. The van der Waals surface area contributed by atoms with Crippen molar-refractivity contribution in [3.8, 4) is 0 Å². The summed E-state index contributed by atoms with van der Waals surface area (Å²) in [5.74, 6) is -1.29. The van der Waals surface area contributed by atoms with Gasteiger partial charge in [0.15, 0.2) is 6.04 Å². The summed E-state index contributed by atoms with van der Waals surface area (Å²) in [6.07, 6.45) is 0.391. The van der Waals surface area contributed by atoms with Gasteiger partial charge in [-0.15, -0.1) is 0 Å². The molecule has 0 bridgehead atoms. The zero-order chi connectivity index (χ0) is 13.7. The number of carbonyl (C=O) groups is 2. The molecule has 0 saturated heterocycles. The largest absolute Gasteiger partial charge is 0.480 e. The van der Waals surface area contributed by atoms with Crippen LogP contribution >= 0.6 is 0 Å². The predicted molar refractivity (Wildman–Crippen MR) is 61.8 cm³/mol. The first-order valence-corrected chi connectivity index (χ1v) is 5.36. The number of nitrogens with one attached hydrogen (secondary N) is 3. The number of aliphatic hydroxyl groups excluding tert-OH is 1. The van der Waals surface area contributed by atoms with E-state index in [2.05, 4.69) is 20.8 Å². The van der Waals surface area contributed by atoms with E-state index in [0.717, 1.165) is 11.3 Å². The van der Waals surface area contributed by atoms with Crippen LogP contribution < -0.4 is 10.6 Å². The van der Waals surface area contributed by atoms with Gasteiger partial charge in [-0.25, -0.2) is 9.59 Å². The van der Waals surface area contributed by atoms with Gasteiger partial charge < -0.3 is 20.8 Å². The third kappa shape index (κ3) is 3.74. The molecule has 0 aliphatic rings. The third-order valence-corrected chi connectivity index (χ3v) is 2.41. The van der Waals surface area contributed by atoms with Crippen molar-refractivity contribution in [1.82, 2.24) is 20.8 Å². The minimum atomic E-state index is -1.34. The van der Waals surface area contributed by atoms with Crippen LogP contribution in [-0.2, 0) is 11.3 Å². The van der Waals surface area contributed by atoms with Crippen molar-refractivity contribution >= 4 is 12.0 Å². The zero-order valence-electron chi connectivity index (χ0n) is 10.1. The first-order chi connectivity index (χ1) is 8.41. The van der Waals surface area contributed by atoms with Crippen LogP contribution in [-0.4, -0.2) is 44.6 Å². The zero-order valence-corrected chi connectivity index (χ0v) is 10.1. The lowest BCUT2D eigenvalue weighted by molar-refractivity contribution is -0.141. The van der Waals surface area contributed by atoms with Gasteiger partial charge in [0.25, 0.3) is 0 Å². The SMILES string of the molecule is Cc1[nH]ncc1CNC(=O)N[C@H](C(=O)O)[C@@H](C)O. The number of hydrogen-bond donors (Lipinski definition) is 5. The smallest absolute Gasteiger partial charge is 0.328 e. The summed E-state index contributed by atoms with van der Waals surface area (Å²) < 4.78 is 0. The summed E-state index contributed by atoms with van der Waals surface area (Å²) in [6.45, 7) is 3.32. The second-order valence-corrected chi connectivity index (χ2v) is 3.90. The molecule has 0 unspecified atom stereocenters. The number of nitrogens with zero attached hydrogens (tertiary/aromatic N) is 1. The summed E-state index contributed by atoms with van der Waals surface area (Å²) >= 11 is 0. The van der Waals surface area contributed by atoms with Gasteiger partial charge in [-0.1, -0.05) is 0 Å². The van der Waals surface area contributed by atoms with E-state index in [1.54, 1.807) is 13.1 Å². The Balaban J connectivity index is 2.46. The summed E-state index contributed by atoms with van der Waals surface area (Å²) in [7, 11) is 0. The molecule has 18 heavy (non-hydrogen) atoms. The van der Waals surface area contributed by atoms with E-state index in [1.807, 2.05) is 0 Å². The van der Waals surface area contributed by atoms with E-state index in [9.17, 15) is 14.7 Å². The quantitative estimate of drug-likeness (QED) is 0.478. The maximum absolute atomic E-state index is 11.4. The number of H-pyrrole nitrogens is 1. The monoisotopic (exact) mass is 256 g/mol. The highest BCUT2D eigenvalue weighted by atomic mass is 16.4. The molecule has 2 atom stereocenters. The summed E-state index contributed by atoms with van der Waals surface area (Å²) in [5, 5.41) is 29.1. The fraction of sp³-hybridized carbons (Fsp3) is 0.500. The molecule has 0 aliphatic carbocycles. The van der Waals surface area contributed by atoms with Gasteiger partial charge in [0.2, 0.25) is 0 Å². The summed E-state index contributed by atoms with van der Waals surface area (Å²) in [6, 6.07) is -2.00. The molecule has 0 fully saturated rings. The predicted octanol–water partition coefficient (Wildman–Crippen LogP) is -0.649. The molecular weight excluding hydrogens is 240 g/mol. The number of urea groups is 1. The highest BCUT2D eigenvalue weighted by Gasteiger charge is 2.24. The number of aromatic nitrogens is 2. The van der Waals surface area contributed by atoms with Crippen molar-refractivity contribution in [2.75, 3.05) is 0 Å². The Kier molecular flexibility index (Phi) is 4.67. The van der Waals surface area contributed by atoms with Crippen LogP contribution in [0.2, 0.25) is 0 Å². The molecule has 100 valence electrons. The Labute approximate surface area is 103 Å². The number of carboxylic acid groups (broad SMARTS) is 1. The molecule has 1 aromatic heterocycles. The Morgan fingerprint density at radius 1 is 1.56 bits per heavy atom. The van der Waals surface area contributed by atoms with Crippen LogP contribution in [0.15, 0.2) is 6.20 Å². The molecule has 0 aliphatic heterocycles. The van der Waals surface area contributed by atoms with Crippen LogP contribution in [0.5, 0.6) is 0 Å². The van der Waals surface area contributed by atoms with Crippen molar-refractivity contribution in [2.24, 2.45) is 0 Å². The maximum atomic E-state index is 11.4. The second-order valence-electron chi connectivity index (χ2n) is 3.90. The number of rotatable bonds is 5. The van der Waals surface area contributed by atoms with Crippen LogP contribution in [0.3, 0.4) is 0 Å². The van der Waals surface area contributed by atoms with Crippen molar-refractivity contribution in [3.05, 3.63) is 17.5 Å². The van der Waals surface area contributed by atoms with Gasteiger partial charge in [0.1, 0.15) is 0 Å². The van der Waals surface area contributed by atoms with Crippen LogP contribution in [0.1, 0.15) is 18.2 Å². The summed E-state index contributed by atoms with van der Waals surface area (Å²) in [4.78, 5) is 22.2. The van der Waals surface area contributed by atoms with Gasteiger partial charge in [0.05, 0.1) is 12.3 Å². The molecule has 8 heteroatoms. The number of aromatic amines is 1. The first kappa shape index (κ1) is 14.0. The van der Waals surface area contributed by atoms with Gasteiger partial charge in [-0.2, -0.15) is 5.10 Å². The molecule has 1 heterocycles. The lowest BCUT2D eigenvalue weighted by Gasteiger charge is -2.17. The Bertz CT molecular complexity index is 429. The molecule has 0 spiro atoms. The molecule has 0 aromatic carbocycles. The van der Waals surface area contributed by atoms with E-state index in [0.29, 0.717) is 0 Å². The summed E-state index contributed by atoms with van der Waals surface area (Å²) in [5.41, 5.74) is 1.62. The minimum Gasteiger partial charge on any atom is -0.480 e. The number of amides is 2. The lowest BCUT2D eigenvalue weighted by Crippen LogP contribution is -2.50. The van der Waals surface area contributed by atoms with Gasteiger partial charge in [0, 0.05) is 17.8 Å².